The molecule has 3 aromatic rings. The Bertz CT molecular complexity index is 735. The minimum atomic E-state index is -0.276. The number of anilines is 1. The van der Waals surface area contributed by atoms with Crippen LogP contribution in [0.25, 0.3) is 10.4 Å². The summed E-state index contributed by atoms with van der Waals surface area (Å²) in [5.74, 6) is -0.164. The smallest absolute Gasteiger partial charge is 0.284 e. The maximum absolute atomic E-state index is 12.1. The second-order valence-corrected chi connectivity index (χ2v) is 5.86. The van der Waals surface area contributed by atoms with Crippen molar-refractivity contribution >= 4 is 34.3 Å². The van der Waals surface area contributed by atoms with Crippen molar-refractivity contribution < 1.29 is 9.90 Å². The summed E-state index contributed by atoms with van der Waals surface area (Å²) in [5.41, 5.74) is 1.62. The number of phenols is 1. The number of hydrogen-bond acceptors (Lipinski definition) is 5. The summed E-state index contributed by atoms with van der Waals surface area (Å²) >= 11 is 2.95. The lowest BCUT2D eigenvalue weighted by molar-refractivity contribution is 0.102. The number of nitrogens with one attached hydrogen (secondary N) is 1. The van der Waals surface area contributed by atoms with E-state index in [1.165, 1.54) is 17.4 Å². The van der Waals surface area contributed by atoms with Crippen molar-refractivity contribution in [3.05, 3.63) is 52.3 Å². The van der Waals surface area contributed by atoms with Gasteiger partial charge in [0.25, 0.3) is 5.91 Å². The van der Waals surface area contributed by atoms with Crippen molar-refractivity contribution in [1.29, 1.82) is 0 Å². The monoisotopic (exact) mass is 302 g/mol. The quantitative estimate of drug-likeness (QED) is 0.773. The highest BCUT2D eigenvalue weighted by Gasteiger charge is 2.12. The summed E-state index contributed by atoms with van der Waals surface area (Å²) in [4.78, 5) is 17.2. The standard InChI is InChI=1S/C14H10N2O2S2/c17-11-3-1-2-10(6-11)16-13(18)14-15-7-12(20-14)9-4-5-19-8-9/h1-8,17H,(H,16,18). The van der Waals surface area contributed by atoms with Gasteiger partial charge >= 0.3 is 0 Å². The van der Waals surface area contributed by atoms with Gasteiger partial charge in [-0.05, 0) is 29.0 Å². The zero-order valence-electron chi connectivity index (χ0n) is 10.2. The first-order chi connectivity index (χ1) is 9.72. The van der Waals surface area contributed by atoms with Crippen LogP contribution in [-0.4, -0.2) is 16.0 Å². The molecule has 1 aromatic carbocycles. The first-order valence-corrected chi connectivity index (χ1v) is 7.57. The molecule has 0 spiro atoms. The molecule has 2 heterocycles. The number of rotatable bonds is 3. The first-order valence-electron chi connectivity index (χ1n) is 5.81. The predicted molar refractivity (Wildman–Crippen MR) is 81.5 cm³/mol. The van der Waals surface area contributed by atoms with Gasteiger partial charge in [-0.1, -0.05) is 6.07 Å². The van der Waals surface area contributed by atoms with E-state index in [4.69, 9.17) is 0 Å². The maximum Gasteiger partial charge on any atom is 0.284 e. The number of aromatic nitrogens is 1. The predicted octanol–water partition coefficient (Wildman–Crippen LogP) is 3.83. The average Bonchev–Trinajstić information content (AvgIpc) is 3.10. The van der Waals surface area contributed by atoms with E-state index >= 15 is 0 Å². The van der Waals surface area contributed by atoms with Crippen molar-refractivity contribution in [1.82, 2.24) is 4.98 Å². The second kappa shape index (κ2) is 5.44. The van der Waals surface area contributed by atoms with Gasteiger partial charge in [-0.3, -0.25) is 4.79 Å². The molecular formula is C14H10N2O2S2. The number of hydrogen-bond donors (Lipinski definition) is 2. The van der Waals surface area contributed by atoms with Gasteiger partial charge in [-0.2, -0.15) is 11.3 Å². The van der Waals surface area contributed by atoms with E-state index in [-0.39, 0.29) is 11.7 Å². The number of carbonyl (C=O) groups is 1. The van der Waals surface area contributed by atoms with Crippen molar-refractivity contribution in [3.63, 3.8) is 0 Å². The Morgan fingerprint density at radius 1 is 1.30 bits per heavy atom. The van der Waals surface area contributed by atoms with E-state index in [2.05, 4.69) is 10.3 Å². The van der Waals surface area contributed by atoms with E-state index in [0.29, 0.717) is 10.7 Å². The molecule has 0 aliphatic carbocycles. The molecule has 0 fully saturated rings. The van der Waals surface area contributed by atoms with Crippen LogP contribution in [0.1, 0.15) is 9.80 Å². The fourth-order valence-corrected chi connectivity index (χ4v) is 3.22. The Hall–Kier alpha value is -2.18. The molecule has 0 unspecified atom stereocenters. The SMILES string of the molecule is O=C(Nc1cccc(O)c1)c1ncc(-c2ccsc2)s1. The lowest BCUT2D eigenvalue weighted by atomic mass is 10.3. The van der Waals surface area contributed by atoms with Crippen LogP contribution >= 0.6 is 22.7 Å². The van der Waals surface area contributed by atoms with Crippen LogP contribution in [0.5, 0.6) is 5.75 Å². The molecular weight excluding hydrogens is 292 g/mol. The maximum atomic E-state index is 12.1. The van der Waals surface area contributed by atoms with Gasteiger partial charge in [0.05, 0.1) is 4.88 Å². The van der Waals surface area contributed by atoms with E-state index in [1.54, 1.807) is 35.7 Å². The van der Waals surface area contributed by atoms with Crippen molar-refractivity contribution in [2.45, 2.75) is 0 Å². The number of carbonyl (C=O) groups excluding carboxylic acids is 1. The number of thiazole rings is 1. The zero-order chi connectivity index (χ0) is 13.9. The van der Waals surface area contributed by atoms with E-state index in [0.717, 1.165) is 10.4 Å². The molecule has 0 saturated carbocycles. The van der Waals surface area contributed by atoms with Crippen LogP contribution in [0.2, 0.25) is 0 Å². The van der Waals surface area contributed by atoms with Crippen LogP contribution in [0.3, 0.4) is 0 Å². The molecule has 0 atom stereocenters. The number of amides is 1. The summed E-state index contributed by atoms with van der Waals surface area (Å²) in [5, 5.41) is 16.5. The largest absolute Gasteiger partial charge is 0.508 e. The van der Waals surface area contributed by atoms with E-state index < -0.39 is 0 Å². The van der Waals surface area contributed by atoms with Crippen molar-refractivity contribution in [2.24, 2.45) is 0 Å². The van der Waals surface area contributed by atoms with Crippen LogP contribution in [0, 0.1) is 0 Å². The molecule has 0 aliphatic heterocycles. The summed E-state index contributed by atoms with van der Waals surface area (Å²) in [6, 6.07) is 8.42. The van der Waals surface area contributed by atoms with Crippen LogP contribution < -0.4 is 5.32 Å². The minimum absolute atomic E-state index is 0.112. The third kappa shape index (κ3) is 2.71. The van der Waals surface area contributed by atoms with Crippen molar-refractivity contribution in [3.8, 4) is 16.2 Å². The Morgan fingerprint density at radius 2 is 2.20 bits per heavy atom. The summed E-state index contributed by atoms with van der Waals surface area (Å²) in [7, 11) is 0. The number of thiophene rings is 1. The van der Waals surface area contributed by atoms with Gasteiger partial charge in [0.15, 0.2) is 5.01 Å². The zero-order valence-corrected chi connectivity index (χ0v) is 11.9. The lowest BCUT2D eigenvalue weighted by Gasteiger charge is -2.02. The van der Waals surface area contributed by atoms with Crippen LogP contribution in [0.4, 0.5) is 5.69 Å². The summed E-state index contributed by atoms with van der Waals surface area (Å²) < 4.78 is 0. The Morgan fingerprint density at radius 3 is 2.95 bits per heavy atom. The molecule has 2 aromatic heterocycles. The van der Waals surface area contributed by atoms with Gasteiger partial charge in [0.1, 0.15) is 5.75 Å². The Labute approximate surface area is 123 Å². The van der Waals surface area contributed by atoms with Crippen LogP contribution in [-0.2, 0) is 0 Å². The van der Waals surface area contributed by atoms with E-state index in [1.807, 2.05) is 16.8 Å². The Balaban J connectivity index is 1.78. The molecule has 6 heteroatoms. The van der Waals surface area contributed by atoms with Gasteiger partial charge < -0.3 is 10.4 Å². The summed E-state index contributed by atoms with van der Waals surface area (Å²) in [6.45, 7) is 0. The van der Waals surface area contributed by atoms with Crippen molar-refractivity contribution in [2.75, 3.05) is 5.32 Å². The minimum Gasteiger partial charge on any atom is -0.508 e. The highest BCUT2D eigenvalue weighted by molar-refractivity contribution is 7.17. The highest BCUT2D eigenvalue weighted by Crippen LogP contribution is 2.28. The number of phenolic OH excluding ortho intramolecular Hbond substituents is 1. The third-order valence-electron chi connectivity index (χ3n) is 2.61. The fraction of sp³-hybridized carbons (Fsp3) is 0. The number of benzene rings is 1. The first kappa shape index (κ1) is 12.8. The van der Waals surface area contributed by atoms with Gasteiger partial charge in [-0.15, -0.1) is 11.3 Å². The second-order valence-electron chi connectivity index (χ2n) is 4.05. The molecule has 0 saturated heterocycles. The number of nitrogens with zero attached hydrogens (tertiary/aromatic N) is 1. The van der Waals surface area contributed by atoms with Crippen LogP contribution in [0.15, 0.2) is 47.3 Å². The highest BCUT2D eigenvalue weighted by atomic mass is 32.1. The Kier molecular flexibility index (Phi) is 3.49. The molecule has 2 N–H and O–H groups in total. The molecule has 20 heavy (non-hydrogen) atoms. The molecule has 0 aliphatic rings. The third-order valence-corrected chi connectivity index (χ3v) is 4.34. The molecule has 0 bridgehead atoms. The van der Waals surface area contributed by atoms with Gasteiger partial charge in [0.2, 0.25) is 0 Å². The topological polar surface area (TPSA) is 62.2 Å². The molecule has 3 rings (SSSR count). The molecule has 100 valence electrons. The normalized spacial score (nSPS) is 10.4. The average molecular weight is 302 g/mol. The number of aromatic hydroxyl groups is 1. The lowest BCUT2D eigenvalue weighted by Crippen LogP contribution is -2.11. The molecule has 4 nitrogen and oxygen atoms in total. The van der Waals surface area contributed by atoms with E-state index in [9.17, 15) is 9.90 Å². The summed E-state index contributed by atoms with van der Waals surface area (Å²) in [6.07, 6.45) is 1.70. The van der Waals surface area contributed by atoms with Gasteiger partial charge in [0, 0.05) is 23.5 Å². The fourth-order valence-electron chi connectivity index (χ4n) is 1.69. The van der Waals surface area contributed by atoms with Gasteiger partial charge in [-0.25, -0.2) is 4.98 Å². The molecule has 0 radical (unpaired) electrons. The molecule has 1 amide bonds.